The summed E-state index contributed by atoms with van der Waals surface area (Å²) >= 11 is 0. The molecule has 1 aromatic carbocycles. The number of hydrogen-bond donors (Lipinski definition) is 0. The van der Waals surface area contributed by atoms with Gasteiger partial charge in [-0.3, -0.25) is 14.5 Å². The Morgan fingerprint density at radius 2 is 1.97 bits per heavy atom. The highest BCUT2D eigenvalue weighted by Crippen LogP contribution is 2.31. The number of benzene rings is 1. The first-order valence-corrected chi connectivity index (χ1v) is 10.8. The van der Waals surface area contributed by atoms with Gasteiger partial charge in [0.15, 0.2) is 9.84 Å². The van der Waals surface area contributed by atoms with Gasteiger partial charge >= 0.3 is 0 Å². The lowest BCUT2D eigenvalue weighted by molar-refractivity contribution is -0.142. The van der Waals surface area contributed by atoms with Crippen LogP contribution in [-0.2, 0) is 19.4 Å². The summed E-state index contributed by atoms with van der Waals surface area (Å²) < 4.78 is 29.1. The molecule has 1 unspecified atom stereocenters. The Morgan fingerprint density at radius 1 is 1.28 bits per heavy atom. The Bertz CT molecular complexity index is 1080. The number of carbonyl (C=O) groups is 2. The number of nitrogens with zero attached hydrogens (tertiary/aromatic N) is 2. The predicted molar refractivity (Wildman–Crippen MR) is 107 cm³/mol. The molecular weight excluding hydrogens is 392 g/mol. The quantitative estimate of drug-likeness (QED) is 0.416. The third-order valence-corrected chi connectivity index (χ3v) is 6.66. The predicted octanol–water partition coefficient (Wildman–Crippen LogP) is 2.03. The fourth-order valence-corrected chi connectivity index (χ4v) is 5.09. The molecule has 0 spiro atoms. The fourth-order valence-electron chi connectivity index (χ4n) is 3.39. The lowest BCUT2D eigenvalue weighted by Gasteiger charge is -2.31. The Balaban J connectivity index is 1.98. The van der Waals surface area contributed by atoms with E-state index in [4.69, 9.17) is 4.74 Å². The van der Waals surface area contributed by atoms with Gasteiger partial charge in [-0.2, -0.15) is 5.26 Å². The minimum Gasteiger partial charge on any atom is -0.490 e. The summed E-state index contributed by atoms with van der Waals surface area (Å²) in [5, 5.41) is 9.45. The SMILES string of the molecule is C=CCOc1ccc(/C=C2/C(=O)N(C3CCS(=O)(=O)C3)C(=O)C(C#N)=C2C)cc1. The molecule has 7 nitrogen and oxygen atoms in total. The molecular formula is C21H20N2O5S. The van der Waals surface area contributed by atoms with Gasteiger partial charge in [0.2, 0.25) is 0 Å². The first kappa shape index (κ1) is 20.6. The third-order valence-electron chi connectivity index (χ3n) is 4.91. The molecule has 0 aromatic heterocycles. The molecule has 1 saturated heterocycles. The van der Waals surface area contributed by atoms with E-state index < -0.39 is 27.7 Å². The van der Waals surface area contributed by atoms with Crippen LogP contribution in [0.1, 0.15) is 18.9 Å². The Labute approximate surface area is 169 Å². The van der Waals surface area contributed by atoms with Crippen LogP contribution in [0.25, 0.3) is 6.08 Å². The molecule has 1 fully saturated rings. The zero-order chi connectivity index (χ0) is 21.2. The molecule has 2 aliphatic heterocycles. The highest BCUT2D eigenvalue weighted by atomic mass is 32.2. The van der Waals surface area contributed by atoms with E-state index in [2.05, 4.69) is 6.58 Å². The molecule has 2 amide bonds. The summed E-state index contributed by atoms with van der Waals surface area (Å²) in [5.74, 6) is -1.03. The van der Waals surface area contributed by atoms with Gasteiger partial charge in [-0.25, -0.2) is 8.42 Å². The molecule has 2 aliphatic rings. The van der Waals surface area contributed by atoms with Gasteiger partial charge in [0.05, 0.1) is 17.5 Å². The van der Waals surface area contributed by atoms with E-state index in [1.807, 2.05) is 6.07 Å². The van der Waals surface area contributed by atoms with E-state index in [9.17, 15) is 23.3 Å². The number of rotatable bonds is 5. The van der Waals surface area contributed by atoms with Crippen molar-refractivity contribution in [2.75, 3.05) is 18.1 Å². The van der Waals surface area contributed by atoms with Crippen molar-refractivity contribution < 1.29 is 22.7 Å². The smallest absolute Gasteiger partial charge is 0.271 e. The van der Waals surface area contributed by atoms with Crippen LogP contribution in [0.4, 0.5) is 0 Å². The highest BCUT2D eigenvalue weighted by Gasteiger charge is 2.43. The van der Waals surface area contributed by atoms with Crippen molar-refractivity contribution in [3.63, 3.8) is 0 Å². The maximum absolute atomic E-state index is 13.1. The molecule has 0 bridgehead atoms. The minimum atomic E-state index is -3.30. The molecule has 29 heavy (non-hydrogen) atoms. The second-order valence-electron chi connectivity index (χ2n) is 6.88. The largest absolute Gasteiger partial charge is 0.490 e. The Morgan fingerprint density at radius 3 is 2.52 bits per heavy atom. The number of hydrogen-bond acceptors (Lipinski definition) is 6. The van der Waals surface area contributed by atoms with Crippen LogP contribution in [-0.4, -0.2) is 49.3 Å². The zero-order valence-electron chi connectivity index (χ0n) is 15.9. The lowest BCUT2D eigenvalue weighted by atomic mass is 9.92. The average molecular weight is 412 g/mol. The van der Waals surface area contributed by atoms with E-state index in [1.54, 1.807) is 43.3 Å². The van der Waals surface area contributed by atoms with Crippen molar-refractivity contribution in [3.05, 3.63) is 59.2 Å². The van der Waals surface area contributed by atoms with Gasteiger partial charge in [-0.15, -0.1) is 0 Å². The lowest BCUT2D eigenvalue weighted by Crippen LogP contribution is -2.49. The first-order valence-electron chi connectivity index (χ1n) is 9.02. The number of sulfone groups is 1. The van der Waals surface area contributed by atoms with Crippen LogP contribution >= 0.6 is 0 Å². The standard InChI is InChI=1S/C21H20N2O5S/c1-3-9-28-17-6-4-15(5-7-17)11-18-14(2)19(12-22)21(25)23(20(18)24)16-8-10-29(26,27)13-16/h3-7,11,16H,1,8-10,13H2,2H3/b18-11+. The summed E-state index contributed by atoms with van der Waals surface area (Å²) in [5.41, 5.74) is 1.02. The monoisotopic (exact) mass is 412 g/mol. The summed E-state index contributed by atoms with van der Waals surface area (Å²) in [7, 11) is -3.30. The van der Waals surface area contributed by atoms with Crippen LogP contribution in [0, 0.1) is 11.3 Å². The van der Waals surface area contributed by atoms with Crippen molar-refractivity contribution in [2.24, 2.45) is 0 Å². The molecule has 150 valence electrons. The number of nitriles is 1. The van der Waals surface area contributed by atoms with E-state index >= 15 is 0 Å². The van der Waals surface area contributed by atoms with Crippen LogP contribution < -0.4 is 4.74 Å². The number of ether oxygens (including phenoxy) is 1. The maximum Gasteiger partial charge on any atom is 0.271 e. The Hall–Kier alpha value is -3.18. The van der Waals surface area contributed by atoms with Gasteiger partial charge in [-0.1, -0.05) is 24.8 Å². The Kier molecular flexibility index (Phi) is 5.71. The summed E-state index contributed by atoms with van der Waals surface area (Å²) in [4.78, 5) is 26.7. The summed E-state index contributed by atoms with van der Waals surface area (Å²) in [6.07, 6.45) is 3.40. The molecule has 0 aliphatic carbocycles. The van der Waals surface area contributed by atoms with Gasteiger partial charge in [-0.05, 0) is 42.7 Å². The summed E-state index contributed by atoms with van der Waals surface area (Å²) in [6.45, 7) is 5.50. The van der Waals surface area contributed by atoms with Crippen LogP contribution in [0.15, 0.2) is 53.6 Å². The van der Waals surface area contributed by atoms with Crippen molar-refractivity contribution in [3.8, 4) is 11.8 Å². The number of imide groups is 1. The second kappa shape index (κ2) is 8.05. The van der Waals surface area contributed by atoms with Gasteiger partial charge in [0.25, 0.3) is 11.8 Å². The van der Waals surface area contributed by atoms with Crippen LogP contribution in [0.2, 0.25) is 0 Å². The van der Waals surface area contributed by atoms with Gasteiger partial charge in [0, 0.05) is 5.57 Å². The highest BCUT2D eigenvalue weighted by molar-refractivity contribution is 7.91. The van der Waals surface area contributed by atoms with Crippen molar-refractivity contribution >= 4 is 27.7 Å². The zero-order valence-corrected chi connectivity index (χ0v) is 16.7. The van der Waals surface area contributed by atoms with Crippen molar-refractivity contribution in [1.29, 1.82) is 5.26 Å². The van der Waals surface area contributed by atoms with E-state index in [-0.39, 0.29) is 34.6 Å². The average Bonchev–Trinajstić information content (AvgIpc) is 3.04. The van der Waals surface area contributed by atoms with Crippen molar-refractivity contribution in [2.45, 2.75) is 19.4 Å². The topological polar surface area (TPSA) is 105 Å². The first-order chi connectivity index (χ1) is 13.8. The molecule has 1 aromatic rings. The minimum absolute atomic E-state index is 0.0788. The molecule has 1 atom stereocenters. The molecule has 0 radical (unpaired) electrons. The second-order valence-corrected chi connectivity index (χ2v) is 9.10. The third kappa shape index (κ3) is 4.15. The van der Waals surface area contributed by atoms with Gasteiger partial charge < -0.3 is 4.74 Å². The molecule has 8 heteroatoms. The van der Waals surface area contributed by atoms with Crippen molar-refractivity contribution in [1.82, 2.24) is 4.90 Å². The molecule has 0 N–H and O–H groups in total. The maximum atomic E-state index is 13.1. The van der Waals surface area contributed by atoms with Crippen LogP contribution in [0.3, 0.4) is 0 Å². The van der Waals surface area contributed by atoms with Gasteiger partial charge in [0.1, 0.15) is 24.0 Å². The number of carbonyl (C=O) groups excluding carboxylic acids is 2. The summed E-state index contributed by atoms with van der Waals surface area (Å²) in [6, 6.07) is 8.08. The molecule has 3 rings (SSSR count). The normalized spacial score (nSPS) is 22.7. The number of amides is 2. The molecule has 0 saturated carbocycles. The van der Waals surface area contributed by atoms with Crippen LogP contribution in [0.5, 0.6) is 5.75 Å². The van der Waals surface area contributed by atoms with E-state index in [0.29, 0.717) is 17.9 Å². The molecule has 2 heterocycles. The van der Waals surface area contributed by atoms with E-state index in [0.717, 1.165) is 4.90 Å². The fraction of sp³-hybridized carbons (Fsp3) is 0.286. The van der Waals surface area contributed by atoms with E-state index in [1.165, 1.54) is 0 Å².